The van der Waals surface area contributed by atoms with Crippen LogP contribution in [0.3, 0.4) is 0 Å². The summed E-state index contributed by atoms with van der Waals surface area (Å²) >= 11 is 0. The van der Waals surface area contributed by atoms with Gasteiger partial charge in [-0.05, 0) is 39.3 Å². The van der Waals surface area contributed by atoms with Gasteiger partial charge in [-0.15, -0.1) is 0 Å². The highest BCUT2D eigenvalue weighted by Gasteiger charge is 2.26. The van der Waals surface area contributed by atoms with Gasteiger partial charge in [-0.3, -0.25) is 0 Å². The maximum atomic E-state index is 9.57. The Morgan fingerprint density at radius 2 is 1.91 bits per heavy atom. The van der Waals surface area contributed by atoms with Crippen LogP contribution in [0.2, 0.25) is 0 Å². The summed E-state index contributed by atoms with van der Waals surface area (Å²) in [4.78, 5) is 2.22. The molecule has 2 nitrogen and oxygen atoms in total. The summed E-state index contributed by atoms with van der Waals surface area (Å²) in [6.07, 6.45) is 3.29. The van der Waals surface area contributed by atoms with Crippen LogP contribution < -0.4 is 0 Å². The Morgan fingerprint density at radius 3 is 2.36 bits per heavy atom. The van der Waals surface area contributed by atoms with E-state index in [9.17, 15) is 5.11 Å². The molecule has 3 unspecified atom stereocenters. The van der Waals surface area contributed by atoms with Crippen molar-refractivity contribution in [1.82, 2.24) is 4.90 Å². The Kier molecular flexibility index (Phi) is 2.90. The van der Waals surface area contributed by atoms with Crippen LogP contribution in [0.5, 0.6) is 0 Å². The second kappa shape index (κ2) is 3.55. The smallest absolute Gasteiger partial charge is 0.0580 e. The topological polar surface area (TPSA) is 23.5 Å². The van der Waals surface area contributed by atoms with E-state index < -0.39 is 0 Å². The van der Waals surface area contributed by atoms with E-state index >= 15 is 0 Å². The predicted molar refractivity (Wildman–Crippen MR) is 46.5 cm³/mol. The van der Waals surface area contributed by atoms with Crippen molar-refractivity contribution in [3.8, 4) is 0 Å². The van der Waals surface area contributed by atoms with Crippen LogP contribution in [0.1, 0.15) is 26.2 Å². The molecule has 1 rings (SSSR count). The summed E-state index contributed by atoms with van der Waals surface area (Å²) in [5.41, 5.74) is 0. The lowest BCUT2D eigenvalue weighted by atomic mass is 9.84. The summed E-state index contributed by atoms with van der Waals surface area (Å²) in [5, 5.41) is 9.57. The first-order valence-electron chi connectivity index (χ1n) is 4.45. The van der Waals surface area contributed by atoms with Crippen LogP contribution in [0.15, 0.2) is 0 Å². The van der Waals surface area contributed by atoms with Crippen molar-refractivity contribution < 1.29 is 5.11 Å². The second-order valence-corrected chi connectivity index (χ2v) is 3.98. The average Bonchev–Trinajstić information content (AvgIpc) is 1.94. The van der Waals surface area contributed by atoms with E-state index in [2.05, 4.69) is 25.9 Å². The molecular weight excluding hydrogens is 138 g/mol. The van der Waals surface area contributed by atoms with Gasteiger partial charge >= 0.3 is 0 Å². The zero-order valence-electron chi connectivity index (χ0n) is 7.75. The molecule has 0 aromatic carbocycles. The van der Waals surface area contributed by atoms with Crippen LogP contribution >= 0.6 is 0 Å². The molecular formula is C9H19NO. The van der Waals surface area contributed by atoms with Crippen LogP contribution in [-0.4, -0.2) is 36.2 Å². The summed E-state index contributed by atoms with van der Waals surface area (Å²) in [7, 11) is 4.18. The minimum absolute atomic E-state index is 0.0730. The molecule has 0 aliphatic heterocycles. The zero-order valence-corrected chi connectivity index (χ0v) is 7.75. The number of aliphatic hydroxyl groups excluding tert-OH is 1. The highest BCUT2D eigenvalue weighted by atomic mass is 16.3. The third kappa shape index (κ3) is 2.17. The lowest BCUT2D eigenvalue weighted by Gasteiger charge is -2.34. The summed E-state index contributed by atoms with van der Waals surface area (Å²) in [5.74, 6) is 0.506. The molecule has 3 atom stereocenters. The number of rotatable bonds is 1. The number of hydrogen-bond donors (Lipinski definition) is 1. The van der Waals surface area contributed by atoms with Gasteiger partial charge < -0.3 is 10.0 Å². The molecule has 1 aliphatic carbocycles. The maximum absolute atomic E-state index is 9.57. The van der Waals surface area contributed by atoms with Crippen LogP contribution in [-0.2, 0) is 0 Å². The highest BCUT2D eigenvalue weighted by molar-refractivity contribution is 4.80. The highest BCUT2D eigenvalue weighted by Crippen LogP contribution is 2.26. The standard InChI is InChI=1S/C9H19NO/c1-7-4-5-8(10(2)3)6-9(7)11/h7-9,11H,4-6H2,1-3H3. The number of hydrogen-bond acceptors (Lipinski definition) is 2. The Bertz CT molecular complexity index is 125. The van der Waals surface area contributed by atoms with E-state index in [-0.39, 0.29) is 6.10 Å². The second-order valence-electron chi connectivity index (χ2n) is 3.98. The van der Waals surface area contributed by atoms with Crippen molar-refractivity contribution >= 4 is 0 Å². The molecule has 0 bridgehead atoms. The van der Waals surface area contributed by atoms with Crippen molar-refractivity contribution in [1.29, 1.82) is 0 Å². The fourth-order valence-corrected chi connectivity index (χ4v) is 1.75. The van der Waals surface area contributed by atoms with Gasteiger partial charge in [-0.2, -0.15) is 0 Å². The van der Waals surface area contributed by atoms with Crippen molar-refractivity contribution in [2.45, 2.75) is 38.3 Å². The van der Waals surface area contributed by atoms with Gasteiger partial charge in [0.15, 0.2) is 0 Å². The largest absolute Gasteiger partial charge is 0.393 e. The van der Waals surface area contributed by atoms with Crippen molar-refractivity contribution in [2.24, 2.45) is 5.92 Å². The van der Waals surface area contributed by atoms with E-state index in [1.54, 1.807) is 0 Å². The minimum atomic E-state index is -0.0730. The molecule has 0 heterocycles. The number of nitrogens with zero attached hydrogens (tertiary/aromatic N) is 1. The molecule has 11 heavy (non-hydrogen) atoms. The van der Waals surface area contributed by atoms with Gasteiger partial charge in [0.2, 0.25) is 0 Å². The summed E-state index contributed by atoms with van der Waals surface area (Å²) < 4.78 is 0. The van der Waals surface area contributed by atoms with Gasteiger partial charge in [-0.1, -0.05) is 6.92 Å². The molecule has 1 N–H and O–H groups in total. The first-order chi connectivity index (χ1) is 5.11. The van der Waals surface area contributed by atoms with E-state index in [0.29, 0.717) is 12.0 Å². The van der Waals surface area contributed by atoms with E-state index in [4.69, 9.17) is 0 Å². The summed E-state index contributed by atoms with van der Waals surface area (Å²) in [6, 6.07) is 0.598. The SMILES string of the molecule is CC1CCC(N(C)C)CC1O. The normalized spacial score (nSPS) is 39.5. The van der Waals surface area contributed by atoms with Gasteiger partial charge in [0, 0.05) is 6.04 Å². The van der Waals surface area contributed by atoms with Crippen molar-refractivity contribution in [3.05, 3.63) is 0 Å². The van der Waals surface area contributed by atoms with Gasteiger partial charge in [-0.25, -0.2) is 0 Å². The van der Waals surface area contributed by atoms with Gasteiger partial charge in [0.05, 0.1) is 6.10 Å². The molecule has 0 aromatic rings. The molecule has 66 valence electrons. The molecule has 1 aliphatic rings. The van der Waals surface area contributed by atoms with Crippen LogP contribution in [0, 0.1) is 5.92 Å². The lowest BCUT2D eigenvalue weighted by Crippen LogP contribution is -2.38. The third-order valence-corrected chi connectivity index (χ3v) is 2.86. The molecule has 0 saturated heterocycles. The Labute approximate surface area is 69.2 Å². The Morgan fingerprint density at radius 1 is 1.27 bits per heavy atom. The zero-order chi connectivity index (χ0) is 8.43. The van der Waals surface area contributed by atoms with Gasteiger partial charge in [0.1, 0.15) is 0 Å². The molecule has 0 spiro atoms. The molecule has 0 amide bonds. The first kappa shape index (κ1) is 9.01. The third-order valence-electron chi connectivity index (χ3n) is 2.86. The molecule has 0 radical (unpaired) electrons. The minimum Gasteiger partial charge on any atom is -0.393 e. The average molecular weight is 157 g/mol. The van der Waals surface area contributed by atoms with E-state index in [0.717, 1.165) is 6.42 Å². The summed E-state index contributed by atoms with van der Waals surface area (Å²) in [6.45, 7) is 2.14. The predicted octanol–water partition coefficient (Wildman–Crippen LogP) is 1.10. The monoisotopic (exact) mass is 157 g/mol. The first-order valence-corrected chi connectivity index (χ1v) is 4.45. The Balaban J connectivity index is 2.40. The van der Waals surface area contributed by atoms with Gasteiger partial charge in [0.25, 0.3) is 0 Å². The van der Waals surface area contributed by atoms with Crippen molar-refractivity contribution in [2.75, 3.05) is 14.1 Å². The lowest BCUT2D eigenvalue weighted by molar-refractivity contribution is 0.0401. The quantitative estimate of drug-likeness (QED) is 0.616. The molecule has 0 aromatic heterocycles. The van der Waals surface area contributed by atoms with E-state index in [1.165, 1.54) is 12.8 Å². The van der Waals surface area contributed by atoms with Crippen molar-refractivity contribution in [3.63, 3.8) is 0 Å². The molecule has 2 heteroatoms. The Hall–Kier alpha value is -0.0800. The van der Waals surface area contributed by atoms with Crippen LogP contribution in [0.25, 0.3) is 0 Å². The molecule has 1 saturated carbocycles. The fourth-order valence-electron chi connectivity index (χ4n) is 1.75. The fraction of sp³-hybridized carbons (Fsp3) is 1.00. The van der Waals surface area contributed by atoms with Crippen LogP contribution in [0.4, 0.5) is 0 Å². The number of aliphatic hydroxyl groups is 1. The molecule has 1 fully saturated rings. The van der Waals surface area contributed by atoms with E-state index in [1.807, 2.05) is 0 Å². The maximum Gasteiger partial charge on any atom is 0.0580 e.